The largest absolute Gasteiger partial charge is 0.394 e. The second-order valence-corrected chi connectivity index (χ2v) is 17.6. The van der Waals surface area contributed by atoms with Crippen LogP contribution < -0.4 is 5.32 Å². The van der Waals surface area contributed by atoms with Crippen molar-refractivity contribution in [3.05, 3.63) is 122 Å². The number of hydrogen-bond donors (Lipinski definition) is 3. The Hall–Kier alpha value is -3.21. The van der Waals surface area contributed by atoms with Gasteiger partial charge < -0.3 is 15.5 Å². The molecule has 0 aromatic heterocycles. The number of carbonyl (C=O) groups excluding carboxylic acids is 1. The van der Waals surface area contributed by atoms with Gasteiger partial charge in [0.2, 0.25) is 5.91 Å². The summed E-state index contributed by atoms with van der Waals surface area (Å²) in [5.74, 6) is -0.0772. The van der Waals surface area contributed by atoms with E-state index in [0.717, 1.165) is 96.3 Å². The summed E-state index contributed by atoms with van der Waals surface area (Å²) in [7, 11) is 0. The SMILES string of the molecule is CC/C=C\C/C=C\C/C=C\C/C=C\C/C=C\C/C=C\C/C=C\C/C=C\C/C=C\C/C=C\CCCCC(=O)NC(CO)C(O)CCCCCCCCCCCCCCCCCCCCC. The summed E-state index contributed by atoms with van der Waals surface area (Å²) in [6, 6.07) is -0.569. The van der Waals surface area contributed by atoms with Gasteiger partial charge in [-0.15, -0.1) is 0 Å². The zero-order chi connectivity index (χ0) is 46.3. The molecule has 0 aliphatic rings. The van der Waals surface area contributed by atoms with Crippen LogP contribution in [0.15, 0.2) is 122 Å². The van der Waals surface area contributed by atoms with Crippen LogP contribution in [0.2, 0.25) is 0 Å². The van der Waals surface area contributed by atoms with E-state index in [1.165, 1.54) is 109 Å². The van der Waals surface area contributed by atoms with E-state index < -0.39 is 12.1 Å². The number of aliphatic hydroxyl groups is 2. The number of unbranched alkanes of at least 4 members (excludes halogenated alkanes) is 20. The third-order valence-electron chi connectivity index (χ3n) is 11.5. The highest BCUT2D eigenvalue weighted by Crippen LogP contribution is 2.16. The van der Waals surface area contributed by atoms with Crippen LogP contribution in [0.25, 0.3) is 0 Å². The predicted molar refractivity (Wildman–Crippen MR) is 285 cm³/mol. The number of amides is 1. The predicted octanol–water partition coefficient (Wildman–Crippen LogP) is 17.7. The van der Waals surface area contributed by atoms with E-state index >= 15 is 0 Å². The zero-order valence-electron chi connectivity index (χ0n) is 41.8. The van der Waals surface area contributed by atoms with Crippen LogP contribution in [-0.2, 0) is 4.79 Å². The molecular weight excluding hydrogens is 783 g/mol. The van der Waals surface area contributed by atoms with Crippen molar-refractivity contribution in [2.75, 3.05) is 6.61 Å². The van der Waals surface area contributed by atoms with Crippen LogP contribution >= 0.6 is 0 Å². The lowest BCUT2D eigenvalue weighted by atomic mass is 10.0. The topological polar surface area (TPSA) is 69.6 Å². The standard InChI is InChI=1S/C60H101NO3/c1-3-5-7-9-11-13-15-17-19-21-23-24-25-26-27-28-29-30-31-32-33-34-35-36-38-40-42-44-46-48-50-52-54-56-60(64)61-58(57-62)59(63)55-53-51-49-47-45-43-41-39-37-22-20-18-16-14-12-10-8-6-4-2/h5,7,11,13,17,19,23-24,26-27,29-30,32-33,35-36,40,42,46,48,58-59,62-63H,3-4,6,8-10,12,14-16,18,20-22,25,28,31,34,37-39,41,43-45,47,49-57H2,1-2H3,(H,61,64)/b7-5-,13-11-,19-17-,24-23-,27-26-,30-29-,33-32-,36-35-,42-40-,48-46-. The van der Waals surface area contributed by atoms with Crippen LogP contribution in [0.1, 0.15) is 232 Å². The Kier molecular flexibility index (Phi) is 51.4. The van der Waals surface area contributed by atoms with Gasteiger partial charge >= 0.3 is 0 Å². The lowest BCUT2D eigenvalue weighted by Gasteiger charge is -2.22. The molecule has 4 heteroatoms. The quantitative estimate of drug-likeness (QED) is 0.0421. The molecule has 0 saturated heterocycles. The molecule has 3 N–H and O–H groups in total. The summed E-state index contributed by atoms with van der Waals surface area (Å²) in [6.07, 6.45) is 83.0. The Morgan fingerprint density at radius 2 is 0.688 bits per heavy atom. The first kappa shape index (κ1) is 60.8. The number of carbonyl (C=O) groups is 1. The fraction of sp³-hybridized carbons (Fsp3) is 0.650. The highest BCUT2D eigenvalue weighted by molar-refractivity contribution is 5.76. The maximum atomic E-state index is 12.5. The zero-order valence-corrected chi connectivity index (χ0v) is 41.8. The van der Waals surface area contributed by atoms with Gasteiger partial charge in [0.05, 0.1) is 18.8 Å². The second kappa shape index (κ2) is 54.1. The Morgan fingerprint density at radius 1 is 0.391 bits per heavy atom. The van der Waals surface area contributed by atoms with Crippen LogP contribution in [-0.4, -0.2) is 34.9 Å². The van der Waals surface area contributed by atoms with Crippen LogP contribution in [0.5, 0.6) is 0 Å². The summed E-state index contributed by atoms with van der Waals surface area (Å²) in [6.45, 7) is 4.23. The summed E-state index contributed by atoms with van der Waals surface area (Å²) >= 11 is 0. The van der Waals surface area contributed by atoms with Crippen molar-refractivity contribution in [2.45, 2.75) is 244 Å². The molecule has 0 aliphatic heterocycles. The molecule has 0 radical (unpaired) electrons. The Balaban J connectivity index is 3.68. The van der Waals surface area contributed by atoms with E-state index in [2.05, 4.69) is 141 Å². The van der Waals surface area contributed by atoms with E-state index in [4.69, 9.17) is 0 Å². The van der Waals surface area contributed by atoms with E-state index in [1.807, 2.05) is 0 Å². The summed E-state index contributed by atoms with van der Waals surface area (Å²) in [5.41, 5.74) is 0. The Labute approximate surface area is 397 Å². The minimum absolute atomic E-state index is 0.0772. The van der Waals surface area contributed by atoms with E-state index in [9.17, 15) is 15.0 Å². The number of aliphatic hydroxyl groups excluding tert-OH is 2. The minimum Gasteiger partial charge on any atom is -0.394 e. The van der Waals surface area contributed by atoms with E-state index in [-0.39, 0.29) is 12.5 Å². The molecule has 0 aromatic rings. The first-order valence-electron chi connectivity index (χ1n) is 26.7. The minimum atomic E-state index is -0.687. The van der Waals surface area contributed by atoms with Gasteiger partial charge in [0.25, 0.3) is 0 Å². The molecule has 0 fully saturated rings. The van der Waals surface area contributed by atoms with Crippen molar-refractivity contribution in [3.63, 3.8) is 0 Å². The van der Waals surface area contributed by atoms with Gasteiger partial charge in [-0.1, -0.05) is 257 Å². The monoisotopic (exact) mass is 884 g/mol. The highest BCUT2D eigenvalue weighted by atomic mass is 16.3. The maximum Gasteiger partial charge on any atom is 0.220 e. The van der Waals surface area contributed by atoms with Crippen molar-refractivity contribution < 1.29 is 15.0 Å². The first-order chi connectivity index (χ1) is 31.7. The molecule has 0 bridgehead atoms. The summed E-state index contributed by atoms with van der Waals surface area (Å²) < 4.78 is 0. The number of nitrogens with one attached hydrogen (secondary N) is 1. The molecule has 0 rings (SSSR count). The Bertz CT molecular complexity index is 1280. The third-order valence-corrected chi connectivity index (χ3v) is 11.5. The first-order valence-corrected chi connectivity index (χ1v) is 26.7. The average Bonchev–Trinajstić information content (AvgIpc) is 3.30. The molecule has 4 nitrogen and oxygen atoms in total. The van der Waals surface area contributed by atoms with Gasteiger partial charge in [-0.05, 0) is 89.9 Å². The van der Waals surface area contributed by atoms with Gasteiger partial charge in [-0.3, -0.25) is 4.79 Å². The molecule has 64 heavy (non-hydrogen) atoms. The van der Waals surface area contributed by atoms with Crippen molar-refractivity contribution in [1.29, 1.82) is 0 Å². The van der Waals surface area contributed by atoms with Gasteiger partial charge in [0.1, 0.15) is 0 Å². The molecule has 2 atom stereocenters. The number of allylic oxidation sites excluding steroid dienone is 20. The number of hydrogen-bond acceptors (Lipinski definition) is 3. The van der Waals surface area contributed by atoms with Crippen molar-refractivity contribution in [3.8, 4) is 0 Å². The lowest BCUT2D eigenvalue weighted by Crippen LogP contribution is -2.45. The van der Waals surface area contributed by atoms with Crippen LogP contribution in [0.3, 0.4) is 0 Å². The maximum absolute atomic E-state index is 12.5. The van der Waals surface area contributed by atoms with Crippen molar-refractivity contribution >= 4 is 5.91 Å². The third kappa shape index (κ3) is 49.8. The molecule has 1 amide bonds. The van der Waals surface area contributed by atoms with E-state index in [0.29, 0.717) is 12.8 Å². The summed E-state index contributed by atoms with van der Waals surface area (Å²) in [4.78, 5) is 12.5. The van der Waals surface area contributed by atoms with Crippen molar-refractivity contribution in [1.82, 2.24) is 5.32 Å². The highest BCUT2D eigenvalue weighted by Gasteiger charge is 2.20. The van der Waals surface area contributed by atoms with Crippen LogP contribution in [0.4, 0.5) is 0 Å². The Morgan fingerprint density at radius 3 is 1.00 bits per heavy atom. The second-order valence-electron chi connectivity index (χ2n) is 17.6. The van der Waals surface area contributed by atoms with Crippen LogP contribution in [0, 0.1) is 0 Å². The molecule has 0 saturated carbocycles. The van der Waals surface area contributed by atoms with Gasteiger partial charge in [0, 0.05) is 6.42 Å². The normalized spacial score (nSPS) is 13.9. The molecule has 0 spiro atoms. The number of rotatable bonds is 47. The lowest BCUT2D eigenvalue weighted by molar-refractivity contribution is -0.123. The van der Waals surface area contributed by atoms with Gasteiger partial charge in [-0.2, -0.15) is 0 Å². The van der Waals surface area contributed by atoms with Gasteiger partial charge in [0.15, 0.2) is 0 Å². The van der Waals surface area contributed by atoms with E-state index in [1.54, 1.807) is 0 Å². The fourth-order valence-corrected chi connectivity index (χ4v) is 7.45. The molecule has 0 aliphatic carbocycles. The fourth-order valence-electron chi connectivity index (χ4n) is 7.45. The molecule has 0 heterocycles. The molecular formula is C60H101NO3. The molecule has 364 valence electrons. The van der Waals surface area contributed by atoms with Gasteiger partial charge in [-0.25, -0.2) is 0 Å². The van der Waals surface area contributed by atoms with Crippen molar-refractivity contribution in [2.24, 2.45) is 0 Å². The smallest absolute Gasteiger partial charge is 0.220 e. The average molecular weight is 884 g/mol. The molecule has 0 aromatic carbocycles. The molecule has 2 unspecified atom stereocenters. The summed E-state index contributed by atoms with van der Waals surface area (Å²) in [5, 5.41) is 23.3.